The topological polar surface area (TPSA) is 117 Å². The van der Waals surface area contributed by atoms with Crippen LogP contribution in [-0.4, -0.2) is 41.8 Å². The first kappa shape index (κ1) is 34.6. The molecule has 0 heterocycles. The number of carboxylic acid groups (broad SMARTS) is 1. The molecule has 11 heteroatoms. The van der Waals surface area contributed by atoms with Crippen molar-refractivity contribution in [2.75, 3.05) is 17.2 Å². The number of halogens is 3. The predicted octanol–water partition coefficient (Wildman–Crippen LogP) is 7.42. The second-order valence-electron chi connectivity index (χ2n) is 12.0. The van der Waals surface area contributed by atoms with Crippen molar-refractivity contribution in [3.05, 3.63) is 114 Å². The number of alkyl halides is 3. The number of carbonyl (C=O) groups is 3. The van der Waals surface area contributed by atoms with Gasteiger partial charge in [0.2, 0.25) is 5.91 Å². The van der Waals surface area contributed by atoms with Crippen molar-refractivity contribution in [1.82, 2.24) is 5.32 Å². The Hall–Kier alpha value is -5.32. The van der Waals surface area contributed by atoms with Gasteiger partial charge in [-0.05, 0) is 76.2 Å². The van der Waals surface area contributed by atoms with Crippen molar-refractivity contribution >= 4 is 29.2 Å². The maximum absolute atomic E-state index is 13.5. The lowest BCUT2D eigenvalue weighted by Gasteiger charge is -2.21. The van der Waals surface area contributed by atoms with Crippen LogP contribution in [0.2, 0.25) is 0 Å². The lowest BCUT2D eigenvalue weighted by atomic mass is 9.86. The molecule has 0 fully saturated rings. The molecule has 0 bridgehead atoms. The first-order chi connectivity index (χ1) is 22.2. The number of nitrogens with one attached hydrogen (secondary N) is 3. The van der Waals surface area contributed by atoms with E-state index in [1.807, 2.05) is 24.3 Å². The SMILES string of the molecule is CC(C)(C)c1ccc(-c2ccc(C[C@@H](Nc3ccc(C(=O)NCCC(=O)O)cc3)C(=O)Nc3ccc(OC(F)(F)F)cc3)cc2)cc1. The summed E-state index contributed by atoms with van der Waals surface area (Å²) in [6.45, 7) is 6.46. The zero-order valence-electron chi connectivity index (χ0n) is 26.2. The molecule has 0 spiro atoms. The van der Waals surface area contributed by atoms with E-state index in [1.54, 1.807) is 24.3 Å². The number of rotatable bonds is 12. The van der Waals surface area contributed by atoms with E-state index in [0.717, 1.165) is 28.8 Å². The first-order valence-corrected chi connectivity index (χ1v) is 14.9. The smallest absolute Gasteiger partial charge is 0.481 e. The third-order valence-corrected chi connectivity index (χ3v) is 7.26. The van der Waals surface area contributed by atoms with Gasteiger partial charge in [-0.15, -0.1) is 13.2 Å². The molecule has 0 aliphatic rings. The highest BCUT2D eigenvalue weighted by atomic mass is 19.4. The van der Waals surface area contributed by atoms with E-state index in [1.165, 1.54) is 17.7 Å². The Morgan fingerprint density at radius 3 is 1.85 bits per heavy atom. The molecule has 0 aliphatic carbocycles. The van der Waals surface area contributed by atoms with Crippen LogP contribution in [0.15, 0.2) is 97.1 Å². The Kier molecular flexibility index (Phi) is 10.9. The standard InChI is InChI=1S/C36H36F3N3O5/c1-35(2,3)27-12-8-25(9-13-27)24-6-4-23(5-7-24)22-31(34(46)42-29-16-18-30(19-17-29)47-36(37,38)39)41-28-14-10-26(11-15-28)33(45)40-21-20-32(43)44/h4-19,31,41H,20-22H2,1-3H3,(H,40,45)(H,42,46)(H,43,44)/t31-/m1/s1. The van der Waals surface area contributed by atoms with Gasteiger partial charge in [0.05, 0.1) is 6.42 Å². The number of anilines is 2. The fourth-order valence-corrected chi connectivity index (χ4v) is 4.71. The van der Waals surface area contributed by atoms with E-state index >= 15 is 0 Å². The molecule has 47 heavy (non-hydrogen) atoms. The normalized spacial score (nSPS) is 12.1. The second-order valence-corrected chi connectivity index (χ2v) is 12.0. The van der Waals surface area contributed by atoms with Gasteiger partial charge in [-0.2, -0.15) is 0 Å². The number of benzene rings is 4. The van der Waals surface area contributed by atoms with Crippen LogP contribution in [0.1, 0.15) is 48.7 Å². The van der Waals surface area contributed by atoms with E-state index in [-0.39, 0.29) is 30.5 Å². The van der Waals surface area contributed by atoms with Gasteiger partial charge in [-0.1, -0.05) is 69.3 Å². The summed E-state index contributed by atoms with van der Waals surface area (Å²) in [5, 5.41) is 17.2. The lowest BCUT2D eigenvalue weighted by Crippen LogP contribution is -2.36. The van der Waals surface area contributed by atoms with Crippen molar-refractivity contribution < 1.29 is 37.4 Å². The second kappa shape index (κ2) is 14.8. The van der Waals surface area contributed by atoms with E-state index in [4.69, 9.17) is 5.11 Å². The molecule has 2 amide bonds. The van der Waals surface area contributed by atoms with Crippen LogP contribution in [0, 0.1) is 0 Å². The summed E-state index contributed by atoms with van der Waals surface area (Å²) in [5.41, 5.74) is 5.33. The molecule has 4 N–H and O–H groups in total. The summed E-state index contributed by atoms with van der Waals surface area (Å²) >= 11 is 0. The summed E-state index contributed by atoms with van der Waals surface area (Å²) in [6.07, 6.45) is -4.77. The van der Waals surface area contributed by atoms with Gasteiger partial charge in [0, 0.05) is 29.9 Å². The maximum atomic E-state index is 13.5. The zero-order valence-corrected chi connectivity index (χ0v) is 26.2. The van der Waals surface area contributed by atoms with E-state index in [9.17, 15) is 27.6 Å². The van der Waals surface area contributed by atoms with Gasteiger partial charge >= 0.3 is 12.3 Å². The van der Waals surface area contributed by atoms with Crippen LogP contribution in [0.25, 0.3) is 11.1 Å². The molecule has 0 saturated heterocycles. The quantitative estimate of drug-likeness (QED) is 0.127. The summed E-state index contributed by atoms with van der Waals surface area (Å²) in [5.74, 6) is -2.31. The Labute approximate surface area is 271 Å². The summed E-state index contributed by atoms with van der Waals surface area (Å²) < 4.78 is 41.6. The van der Waals surface area contributed by atoms with Crippen molar-refractivity contribution in [2.45, 2.75) is 51.4 Å². The first-order valence-electron chi connectivity index (χ1n) is 14.9. The zero-order chi connectivity index (χ0) is 34.2. The van der Waals surface area contributed by atoms with Gasteiger partial charge in [0.1, 0.15) is 11.8 Å². The van der Waals surface area contributed by atoms with Crippen molar-refractivity contribution in [2.24, 2.45) is 0 Å². The largest absolute Gasteiger partial charge is 0.573 e. The van der Waals surface area contributed by atoms with Gasteiger partial charge in [-0.25, -0.2) is 0 Å². The average molecular weight is 648 g/mol. The number of aliphatic carboxylic acids is 1. The molecular formula is C36H36F3N3O5. The molecule has 0 unspecified atom stereocenters. The summed E-state index contributed by atoms with van der Waals surface area (Å²) in [7, 11) is 0. The Balaban J connectivity index is 1.50. The van der Waals surface area contributed by atoms with E-state index < -0.39 is 35.9 Å². The molecule has 0 aromatic heterocycles. The number of carboxylic acids is 1. The molecule has 4 aromatic carbocycles. The van der Waals surface area contributed by atoms with Crippen LogP contribution in [0.4, 0.5) is 24.5 Å². The molecule has 4 aromatic rings. The average Bonchev–Trinajstić information content (AvgIpc) is 3.01. The maximum Gasteiger partial charge on any atom is 0.573 e. The molecule has 0 radical (unpaired) electrons. The molecular weight excluding hydrogens is 611 g/mol. The van der Waals surface area contributed by atoms with Gasteiger partial charge in [-0.3, -0.25) is 14.4 Å². The summed E-state index contributed by atoms with van der Waals surface area (Å²) in [4.78, 5) is 36.5. The van der Waals surface area contributed by atoms with Crippen molar-refractivity contribution in [3.63, 3.8) is 0 Å². The third-order valence-electron chi connectivity index (χ3n) is 7.26. The monoisotopic (exact) mass is 647 g/mol. The Bertz CT molecular complexity index is 1660. The number of ether oxygens (including phenoxy) is 1. The Morgan fingerprint density at radius 2 is 1.32 bits per heavy atom. The molecule has 1 atom stereocenters. The highest BCUT2D eigenvalue weighted by Crippen LogP contribution is 2.27. The van der Waals surface area contributed by atoms with Crippen LogP contribution in [0.3, 0.4) is 0 Å². The molecule has 0 saturated carbocycles. The van der Waals surface area contributed by atoms with Crippen LogP contribution < -0.4 is 20.7 Å². The van der Waals surface area contributed by atoms with Crippen molar-refractivity contribution in [3.8, 4) is 16.9 Å². The van der Waals surface area contributed by atoms with Gasteiger partial charge in [0.15, 0.2) is 0 Å². The fourth-order valence-electron chi connectivity index (χ4n) is 4.71. The van der Waals surface area contributed by atoms with Crippen LogP contribution in [0.5, 0.6) is 5.75 Å². The highest BCUT2D eigenvalue weighted by Gasteiger charge is 2.31. The minimum atomic E-state index is -4.83. The number of carbonyl (C=O) groups excluding carboxylic acids is 2. The molecule has 0 aliphatic heterocycles. The molecule has 246 valence electrons. The van der Waals surface area contributed by atoms with Crippen molar-refractivity contribution in [1.29, 1.82) is 0 Å². The minimum absolute atomic E-state index is 0.0132. The van der Waals surface area contributed by atoms with Gasteiger partial charge in [0.25, 0.3) is 5.91 Å². The van der Waals surface area contributed by atoms with Gasteiger partial charge < -0.3 is 25.8 Å². The third kappa shape index (κ3) is 10.6. The molecule has 4 rings (SSSR count). The number of amides is 2. The van der Waals surface area contributed by atoms with Crippen LogP contribution >= 0.6 is 0 Å². The van der Waals surface area contributed by atoms with E-state index in [0.29, 0.717) is 11.3 Å². The summed E-state index contributed by atoms with van der Waals surface area (Å²) in [6, 6.07) is 26.6. The molecule has 8 nitrogen and oxygen atoms in total. The highest BCUT2D eigenvalue weighted by molar-refractivity contribution is 5.97. The minimum Gasteiger partial charge on any atom is -0.481 e. The lowest BCUT2D eigenvalue weighted by molar-refractivity contribution is -0.274. The number of hydrogen-bond acceptors (Lipinski definition) is 5. The number of hydrogen-bond donors (Lipinski definition) is 4. The Morgan fingerprint density at radius 1 is 0.766 bits per heavy atom. The van der Waals surface area contributed by atoms with E-state index in [2.05, 4.69) is 65.7 Å². The predicted molar refractivity (Wildman–Crippen MR) is 174 cm³/mol. The van der Waals surface area contributed by atoms with Crippen LogP contribution in [-0.2, 0) is 21.4 Å². The fraction of sp³-hybridized carbons (Fsp3) is 0.250.